The van der Waals surface area contributed by atoms with Crippen molar-refractivity contribution < 1.29 is 9.53 Å². The Balaban J connectivity index is 1.47. The van der Waals surface area contributed by atoms with Crippen molar-refractivity contribution in [3.63, 3.8) is 0 Å². The molecule has 168 valence electrons. The SMILES string of the molecule is COc1cc(-n2c3c(c4ncnc(N)c42)CCC3)ccc1CC(=O)Nc1ccc(Cl)c(Cl)c1. The molecule has 0 unspecified atom stereocenters. The zero-order valence-electron chi connectivity index (χ0n) is 17.9. The van der Waals surface area contributed by atoms with Gasteiger partial charge in [-0.15, -0.1) is 0 Å². The highest BCUT2D eigenvalue weighted by Gasteiger charge is 2.25. The van der Waals surface area contributed by atoms with Gasteiger partial charge in [0.2, 0.25) is 5.91 Å². The number of aryl methyl sites for hydroxylation is 1. The van der Waals surface area contributed by atoms with Gasteiger partial charge in [-0.25, -0.2) is 9.97 Å². The molecule has 2 aromatic carbocycles. The highest BCUT2D eigenvalue weighted by Crippen LogP contribution is 2.37. The Labute approximate surface area is 200 Å². The number of anilines is 2. The normalized spacial score (nSPS) is 12.7. The highest BCUT2D eigenvalue weighted by atomic mass is 35.5. The van der Waals surface area contributed by atoms with Crippen molar-refractivity contribution in [1.82, 2.24) is 14.5 Å². The van der Waals surface area contributed by atoms with E-state index in [4.69, 9.17) is 33.7 Å². The topological polar surface area (TPSA) is 95.1 Å². The van der Waals surface area contributed by atoms with E-state index < -0.39 is 0 Å². The summed E-state index contributed by atoms with van der Waals surface area (Å²) in [6.45, 7) is 0. The molecule has 1 amide bonds. The van der Waals surface area contributed by atoms with Gasteiger partial charge in [-0.2, -0.15) is 0 Å². The van der Waals surface area contributed by atoms with Crippen LogP contribution in [0.25, 0.3) is 16.7 Å². The molecule has 0 saturated heterocycles. The van der Waals surface area contributed by atoms with Crippen LogP contribution in [-0.2, 0) is 24.1 Å². The molecule has 5 rings (SSSR count). The lowest BCUT2D eigenvalue weighted by Gasteiger charge is -2.15. The van der Waals surface area contributed by atoms with Crippen molar-refractivity contribution >= 4 is 51.6 Å². The Morgan fingerprint density at radius 3 is 2.79 bits per heavy atom. The summed E-state index contributed by atoms with van der Waals surface area (Å²) in [5.74, 6) is 0.864. The molecule has 7 nitrogen and oxygen atoms in total. The average molecular weight is 482 g/mol. The number of rotatable bonds is 5. The van der Waals surface area contributed by atoms with Gasteiger partial charge in [0, 0.05) is 28.7 Å². The molecule has 3 N–H and O–H groups in total. The van der Waals surface area contributed by atoms with Crippen LogP contribution in [0, 0.1) is 0 Å². The number of hydrogen-bond acceptors (Lipinski definition) is 5. The zero-order valence-corrected chi connectivity index (χ0v) is 19.4. The van der Waals surface area contributed by atoms with Crippen molar-refractivity contribution in [1.29, 1.82) is 0 Å². The summed E-state index contributed by atoms with van der Waals surface area (Å²) in [4.78, 5) is 21.3. The summed E-state index contributed by atoms with van der Waals surface area (Å²) in [6, 6.07) is 10.8. The van der Waals surface area contributed by atoms with Crippen LogP contribution in [0.4, 0.5) is 11.5 Å². The number of carbonyl (C=O) groups is 1. The van der Waals surface area contributed by atoms with Gasteiger partial charge in [0.05, 0.1) is 29.1 Å². The summed E-state index contributed by atoms with van der Waals surface area (Å²) in [6.07, 6.45) is 4.64. The van der Waals surface area contributed by atoms with Crippen LogP contribution >= 0.6 is 23.2 Å². The molecular weight excluding hydrogens is 461 g/mol. The molecule has 0 fully saturated rings. The van der Waals surface area contributed by atoms with Gasteiger partial charge in [0.15, 0.2) is 5.82 Å². The molecule has 0 spiro atoms. The lowest BCUT2D eigenvalue weighted by Crippen LogP contribution is -2.15. The quantitative estimate of drug-likeness (QED) is 0.418. The Bertz CT molecular complexity index is 1400. The van der Waals surface area contributed by atoms with E-state index in [2.05, 4.69) is 19.9 Å². The van der Waals surface area contributed by atoms with Gasteiger partial charge in [-0.3, -0.25) is 4.79 Å². The fraction of sp³-hybridized carbons (Fsp3) is 0.208. The fourth-order valence-corrected chi connectivity index (χ4v) is 4.75. The maximum absolute atomic E-state index is 12.7. The van der Waals surface area contributed by atoms with Crippen molar-refractivity contribution in [3.8, 4) is 11.4 Å². The number of nitrogens with two attached hydrogens (primary N) is 1. The highest BCUT2D eigenvalue weighted by molar-refractivity contribution is 6.42. The van der Waals surface area contributed by atoms with E-state index in [1.807, 2.05) is 18.2 Å². The van der Waals surface area contributed by atoms with Gasteiger partial charge in [0.1, 0.15) is 17.6 Å². The predicted molar refractivity (Wildman–Crippen MR) is 131 cm³/mol. The number of fused-ring (bicyclic) bond motifs is 3. The Morgan fingerprint density at radius 2 is 2.00 bits per heavy atom. The molecule has 0 atom stereocenters. The summed E-state index contributed by atoms with van der Waals surface area (Å²) in [5, 5.41) is 3.65. The third kappa shape index (κ3) is 3.87. The Hall–Kier alpha value is -3.29. The van der Waals surface area contributed by atoms with Crippen molar-refractivity contribution in [2.75, 3.05) is 18.2 Å². The van der Waals surface area contributed by atoms with E-state index in [-0.39, 0.29) is 12.3 Å². The van der Waals surface area contributed by atoms with E-state index in [1.54, 1.807) is 25.3 Å². The molecule has 0 saturated carbocycles. The summed E-state index contributed by atoms with van der Waals surface area (Å²) < 4.78 is 7.76. The van der Waals surface area contributed by atoms with Gasteiger partial charge in [-0.05, 0) is 49.1 Å². The smallest absolute Gasteiger partial charge is 0.228 e. The minimum Gasteiger partial charge on any atom is -0.496 e. The van der Waals surface area contributed by atoms with Crippen LogP contribution in [-0.4, -0.2) is 27.6 Å². The van der Waals surface area contributed by atoms with E-state index in [0.29, 0.717) is 27.3 Å². The number of ether oxygens (including phenoxy) is 1. The standard InChI is InChI=1S/C24H21Cl2N5O2/c1-33-20-11-15(31-19-4-2-3-16(19)22-23(31)24(27)29-12-28-22)7-5-13(20)9-21(32)30-14-6-8-17(25)18(26)10-14/h5-8,10-12H,2-4,9H2,1H3,(H,30,32)(H2,27,28,29). The van der Waals surface area contributed by atoms with E-state index in [9.17, 15) is 4.79 Å². The number of nitrogens with zero attached hydrogens (tertiary/aromatic N) is 3. The Morgan fingerprint density at radius 1 is 1.15 bits per heavy atom. The van der Waals surface area contributed by atoms with Gasteiger partial charge in [-0.1, -0.05) is 29.3 Å². The van der Waals surface area contributed by atoms with E-state index >= 15 is 0 Å². The van der Waals surface area contributed by atoms with Crippen LogP contribution in [0.5, 0.6) is 5.75 Å². The summed E-state index contributed by atoms with van der Waals surface area (Å²) in [5.41, 5.74) is 12.6. The maximum atomic E-state index is 12.7. The van der Waals surface area contributed by atoms with Crippen LogP contribution in [0.1, 0.15) is 23.2 Å². The van der Waals surface area contributed by atoms with Crippen molar-refractivity contribution in [2.24, 2.45) is 0 Å². The molecule has 2 aromatic heterocycles. The van der Waals surface area contributed by atoms with Crippen molar-refractivity contribution in [2.45, 2.75) is 25.7 Å². The molecule has 1 aliphatic rings. The number of carbonyl (C=O) groups excluding carboxylic acids is 1. The number of amides is 1. The van der Waals surface area contributed by atoms with Gasteiger partial charge in [0.25, 0.3) is 0 Å². The molecule has 0 bridgehead atoms. The first-order chi connectivity index (χ1) is 16.0. The second-order valence-corrected chi connectivity index (χ2v) is 8.73. The van der Waals surface area contributed by atoms with Crippen molar-refractivity contribution in [3.05, 3.63) is 69.6 Å². The largest absolute Gasteiger partial charge is 0.496 e. The first-order valence-electron chi connectivity index (χ1n) is 10.5. The first-order valence-corrected chi connectivity index (χ1v) is 11.3. The zero-order chi connectivity index (χ0) is 23.1. The number of methoxy groups -OCH3 is 1. The number of benzene rings is 2. The predicted octanol–water partition coefficient (Wildman–Crippen LogP) is 4.99. The second kappa shape index (κ2) is 8.57. The maximum Gasteiger partial charge on any atom is 0.228 e. The fourth-order valence-electron chi connectivity index (χ4n) is 4.45. The lowest BCUT2D eigenvalue weighted by atomic mass is 10.1. The molecule has 0 aliphatic heterocycles. The van der Waals surface area contributed by atoms with Crippen LogP contribution in [0.15, 0.2) is 42.7 Å². The number of hydrogen-bond donors (Lipinski definition) is 2. The molecule has 0 radical (unpaired) electrons. The third-order valence-electron chi connectivity index (χ3n) is 5.90. The molecule has 33 heavy (non-hydrogen) atoms. The minimum atomic E-state index is -0.190. The molecule has 4 aromatic rings. The van der Waals surface area contributed by atoms with E-state index in [0.717, 1.165) is 41.5 Å². The van der Waals surface area contributed by atoms with E-state index in [1.165, 1.54) is 17.6 Å². The van der Waals surface area contributed by atoms with Crippen LogP contribution in [0.2, 0.25) is 10.0 Å². The van der Waals surface area contributed by atoms with Gasteiger partial charge < -0.3 is 20.4 Å². The number of halogens is 2. The van der Waals surface area contributed by atoms with Crippen LogP contribution in [0.3, 0.4) is 0 Å². The first kappa shape index (κ1) is 21.6. The Kier molecular flexibility index (Phi) is 5.60. The number of nitrogen functional groups attached to an aromatic ring is 1. The van der Waals surface area contributed by atoms with Crippen LogP contribution < -0.4 is 15.8 Å². The number of aromatic nitrogens is 3. The number of nitrogens with one attached hydrogen (secondary N) is 1. The third-order valence-corrected chi connectivity index (χ3v) is 6.64. The monoisotopic (exact) mass is 481 g/mol. The minimum absolute atomic E-state index is 0.138. The summed E-state index contributed by atoms with van der Waals surface area (Å²) >= 11 is 12.0. The summed E-state index contributed by atoms with van der Waals surface area (Å²) in [7, 11) is 1.59. The molecule has 1 aliphatic carbocycles. The molecular formula is C24H21Cl2N5O2. The molecule has 2 heterocycles. The average Bonchev–Trinajstić information content (AvgIpc) is 3.38. The molecule has 9 heteroatoms. The lowest BCUT2D eigenvalue weighted by molar-refractivity contribution is -0.115. The second-order valence-electron chi connectivity index (χ2n) is 7.92. The van der Waals surface area contributed by atoms with Gasteiger partial charge >= 0.3 is 0 Å².